The number of nitrogens with two attached hydrogens (primary N) is 1. The van der Waals surface area contributed by atoms with Crippen molar-refractivity contribution in [3.05, 3.63) is 119 Å². The first-order valence-electron chi connectivity index (χ1n) is 14.7. The molecule has 0 aromatic heterocycles. The van der Waals surface area contributed by atoms with Crippen molar-refractivity contribution in [1.29, 1.82) is 0 Å². The smallest absolute Gasteiger partial charge is 0.254 e. The van der Waals surface area contributed by atoms with Crippen LogP contribution in [0.1, 0.15) is 34.0 Å². The summed E-state index contributed by atoms with van der Waals surface area (Å²) in [5.74, 6) is -3.65. The van der Waals surface area contributed by atoms with Gasteiger partial charge in [-0.25, -0.2) is 8.78 Å². The summed E-state index contributed by atoms with van der Waals surface area (Å²) >= 11 is 0. The van der Waals surface area contributed by atoms with Crippen molar-refractivity contribution >= 4 is 28.5 Å². The molecule has 0 bridgehead atoms. The van der Waals surface area contributed by atoms with Crippen molar-refractivity contribution in [2.75, 3.05) is 20.6 Å². The van der Waals surface area contributed by atoms with E-state index in [0.717, 1.165) is 34.0 Å². The van der Waals surface area contributed by atoms with Crippen LogP contribution in [-0.2, 0) is 29.0 Å². The average Bonchev–Trinajstić information content (AvgIpc) is 3.05. The molecular formula is C35H38F2N4O4. The van der Waals surface area contributed by atoms with E-state index in [9.17, 15) is 28.3 Å². The summed E-state index contributed by atoms with van der Waals surface area (Å²) in [4.78, 5) is 44.1. The molecule has 0 fully saturated rings. The van der Waals surface area contributed by atoms with Crippen molar-refractivity contribution in [1.82, 2.24) is 15.1 Å². The highest BCUT2D eigenvalue weighted by Crippen LogP contribution is 2.21. The molecule has 10 heteroatoms. The van der Waals surface area contributed by atoms with Gasteiger partial charge in [-0.2, -0.15) is 0 Å². The maximum atomic E-state index is 14.4. The lowest BCUT2D eigenvalue weighted by molar-refractivity contribution is -0.142. The fraction of sp³-hybridized carbons (Fsp3) is 0.286. The predicted molar refractivity (Wildman–Crippen MR) is 169 cm³/mol. The molecule has 45 heavy (non-hydrogen) atoms. The summed E-state index contributed by atoms with van der Waals surface area (Å²) in [7, 11) is 2.97. The van der Waals surface area contributed by atoms with Crippen LogP contribution in [0.15, 0.2) is 84.9 Å². The van der Waals surface area contributed by atoms with E-state index < -0.39 is 47.5 Å². The molecule has 0 aliphatic heterocycles. The van der Waals surface area contributed by atoms with Crippen LogP contribution in [0.25, 0.3) is 10.8 Å². The number of amides is 3. The molecule has 0 saturated heterocycles. The number of benzene rings is 4. The zero-order valence-corrected chi connectivity index (χ0v) is 25.5. The van der Waals surface area contributed by atoms with Crippen molar-refractivity contribution in [3.63, 3.8) is 0 Å². The van der Waals surface area contributed by atoms with Crippen LogP contribution in [-0.4, -0.2) is 71.5 Å². The highest BCUT2D eigenvalue weighted by atomic mass is 19.2. The van der Waals surface area contributed by atoms with E-state index in [2.05, 4.69) is 5.32 Å². The Bertz CT molecular complexity index is 1680. The lowest BCUT2D eigenvalue weighted by Crippen LogP contribution is -2.56. The first-order chi connectivity index (χ1) is 21.5. The summed E-state index contributed by atoms with van der Waals surface area (Å²) < 4.78 is 27.8. The lowest BCUT2D eigenvalue weighted by Gasteiger charge is -2.35. The van der Waals surface area contributed by atoms with E-state index in [1.54, 1.807) is 24.3 Å². The molecule has 0 radical (unpaired) electrons. The Morgan fingerprint density at radius 3 is 2.13 bits per heavy atom. The predicted octanol–water partition coefficient (Wildman–Crippen LogP) is 3.83. The zero-order valence-electron chi connectivity index (χ0n) is 25.5. The summed E-state index contributed by atoms with van der Waals surface area (Å²) in [6.45, 7) is 1.66. The summed E-state index contributed by atoms with van der Waals surface area (Å²) in [5, 5.41) is 14.4. The lowest BCUT2D eigenvalue weighted by atomic mass is 9.98. The minimum Gasteiger partial charge on any atom is -0.392 e. The number of aliphatic hydroxyl groups excluding tert-OH is 1. The zero-order chi connectivity index (χ0) is 32.7. The van der Waals surface area contributed by atoms with Crippen molar-refractivity contribution in [2.45, 2.75) is 44.5 Å². The second-order valence-corrected chi connectivity index (χ2v) is 11.2. The summed E-state index contributed by atoms with van der Waals surface area (Å²) in [5.41, 5.74) is 7.99. The molecule has 0 heterocycles. The Morgan fingerprint density at radius 1 is 0.778 bits per heavy atom. The van der Waals surface area contributed by atoms with Crippen molar-refractivity contribution < 1.29 is 28.3 Å². The third kappa shape index (κ3) is 8.29. The van der Waals surface area contributed by atoms with Crippen LogP contribution in [0.5, 0.6) is 0 Å². The van der Waals surface area contributed by atoms with Gasteiger partial charge in [-0.15, -0.1) is 0 Å². The minimum absolute atomic E-state index is 0.0778. The first kappa shape index (κ1) is 33.2. The van der Waals surface area contributed by atoms with E-state index in [0.29, 0.717) is 11.1 Å². The molecule has 3 atom stereocenters. The molecule has 0 unspecified atom stereocenters. The minimum atomic E-state index is -1.16. The number of hydrogen-bond acceptors (Lipinski definition) is 5. The van der Waals surface area contributed by atoms with Gasteiger partial charge in [0.05, 0.1) is 6.10 Å². The molecule has 4 aromatic rings. The van der Waals surface area contributed by atoms with Gasteiger partial charge in [0.2, 0.25) is 11.8 Å². The van der Waals surface area contributed by atoms with Gasteiger partial charge in [-0.1, -0.05) is 60.7 Å². The Morgan fingerprint density at radius 2 is 1.44 bits per heavy atom. The maximum Gasteiger partial charge on any atom is 0.254 e. The van der Waals surface area contributed by atoms with Crippen LogP contribution in [0, 0.1) is 11.6 Å². The van der Waals surface area contributed by atoms with E-state index in [1.807, 2.05) is 42.5 Å². The van der Waals surface area contributed by atoms with E-state index >= 15 is 0 Å². The number of nitrogens with one attached hydrogen (secondary N) is 1. The Balaban J connectivity index is 1.71. The second-order valence-electron chi connectivity index (χ2n) is 11.2. The van der Waals surface area contributed by atoms with Gasteiger partial charge >= 0.3 is 0 Å². The molecule has 0 spiro atoms. The van der Waals surface area contributed by atoms with Crippen LogP contribution < -0.4 is 11.1 Å². The SMILES string of the molecule is C[C@@H](O)CNC(=O)[C@@H](Cc1ccc(F)c(F)c1)N(C)C(=O)[C@@H](Cc1ccc2ccccc2c1)N(C)C(=O)c1cccc(CN)c1. The van der Waals surface area contributed by atoms with Crippen molar-refractivity contribution in [3.8, 4) is 0 Å². The largest absolute Gasteiger partial charge is 0.392 e. The fourth-order valence-electron chi connectivity index (χ4n) is 5.21. The number of rotatable bonds is 12. The number of likely N-dealkylation sites (N-methyl/N-ethyl adjacent to an activating group) is 2. The number of carbonyl (C=O) groups is 3. The van der Waals surface area contributed by atoms with E-state index in [1.165, 1.54) is 36.9 Å². The Kier molecular flexibility index (Phi) is 11.0. The van der Waals surface area contributed by atoms with Crippen molar-refractivity contribution in [2.24, 2.45) is 5.73 Å². The molecule has 4 rings (SSSR count). The third-order valence-corrected chi connectivity index (χ3v) is 7.83. The van der Waals surface area contributed by atoms with Crippen LogP contribution >= 0.6 is 0 Å². The molecule has 0 saturated carbocycles. The number of nitrogens with zero attached hydrogens (tertiary/aromatic N) is 2. The van der Waals surface area contributed by atoms with Gasteiger partial charge in [0.1, 0.15) is 12.1 Å². The van der Waals surface area contributed by atoms with Gasteiger partial charge in [-0.05, 0) is 58.7 Å². The fourth-order valence-corrected chi connectivity index (χ4v) is 5.21. The van der Waals surface area contributed by atoms with Crippen LogP contribution in [0.3, 0.4) is 0 Å². The Hall–Kier alpha value is -4.67. The molecule has 0 aliphatic rings. The topological polar surface area (TPSA) is 116 Å². The quantitative estimate of drug-likeness (QED) is 0.224. The number of halogens is 2. The summed E-state index contributed by atoms with van der Waals surface area (Å²) in [6, 6.07) is 21.5. The van der Waals surface area contributed by atoms with Gasteiger partial charge in [0.15, 0.2) is 11.6 Å². The average molecular weight is 617 g/mol. The highest BCUT2D eigenvalue weighted by Gasteiger charge is 2.35. The number of aliphatic hydroxyl groups is 1. The van der Waals surface area contributed by atoms with E-state index in [-0.39, 0.29) is 25.9 Å². The third-order valence-electron chi connectivity index (χ3n) is 7.83. The highest BCUT2D eigenvalue weighted by molar-refractivity contribution is 5.98. The van der Waals surface area contributed by atoms with E-state index in [4.69, 9.17) is 5.73 Å². The Labute approximate surface area is 261 Å². The van der Waals surface area contributed by atoms with Gasteiger partial charge in [0, 0.05) is 45.6 Å². The van der Waals surface area contributed by atoms with Gasteiger partial charge in [-0.3, -0.25) is 14.4 Å². The number of carbonyl (C=O) groups excluding carboxylic acids is 3. The number of fused-ring (bicyclic) bond motifs is 1. The molecule has 8 nitrogen and oxygen atoms in total. The standard InChI is InChI=1S/C35H38F2N4O4/c1-22(42)21-39-33(43)31(18-24-12-14-29(36)30(37)17-24)40(2)35(45)32(19-23-11-13-26-8-4-5-9-27(26)15-23)41(3)34(44)28-10-6-7-25(16-28)20-38/h4-17,22,31-32,42H,18-21,38H2,1-3H3,(H,39,43)/t22-,31-,32-/m1/s1. The van der Waals surface area contributed by atoms with Crippen LogP contribution in [0.2, 0.25) is 0 Å². The summed E-state index contributed by atoms with van der Waals surface area (Å²) in [6.07, 6.45) is -0.850. The van der Waals surface area contributed by atoms with Crippen LogP contribution in [0.4, 0.5) is 8.78 Å². The van der Waals surface area contributed by atoms with Gasteiger partial charge < -0.3 is 26.0 Å². The second kappa shape index (κ2) is 14.9. The maximum absolute atomic E-state index is 14.4. The normalized spacial score (nSPS) is 13.1. The molecule has 4 N–H and O–H groups in total. The molecular weight excluding hydrogens is 578 g/mol. The monoisotopic (exact) mass is 616 g/mol. The molecule has 0 aliphatic carbocycles. The number of hydrogen-bond donors (Lipinski definition) is 3. The molecule has 3 amide bonds. The molecule has 236 valence electrons. The van der Waals surface area contributed by atoms with Gasteiger partial charge in [0.25, 0.3) is 5.91 Å². The molecule has 4 aromatic carbocycles. The first-order valence-corrected chi connectivity index (χ1v) is 14.7.